The minimum Gasteiger partial charge on any atom is -0.303 e. The van der Waals surface area contributed by atoms with Crippen LogP contribution in [0.1, 0.15) is 32.1 Å². The topological polar surface area (TPSA) is 3.24 Å². The third kappa shape index (κ3) is 3.49. The van der Waals surface area contributed by atoms with Crippen molar-refractivity contribution >= 4 is 32.9 Å². The van der Waals surface area contributed by atoms with Crippen molar-refractivity contribution < 1.29 is 0 Å². The van der Waals surface area contributed by atoms with Crippen LogP contribution in [0.2, 0.25) is 0 Å². The van der Waals surface area contributed by atoms with Crippen LogP contribution in [-0.4, -0.2) is 29.9 Å². The lowest BCUT2D eigenvalue weighted by Crippen LogP contribution is -2.29. The van der Waals surface area contributed by atoms with Crippen molar-refractivity contribution in [2.45, 2.75) is 32.1 Å². The van der Waals surface area contributed by atoms with Gasteiger partial charge in [-0.05, 0) is 50.5 Å². The first-order valence-electron chi connectivity index (χ1n) is 5.67. The molecule has 0 aromatic carbocycles. The summed E-state index contributed by atoms with van der Waals surface area (Å²) in [6.45, 7) is 4.10. The van der Waals surface area contributed by atoms with Gasteiger partial charge in [0.15, 0.2) is 0 Å². The fraction of sp³-hybridized carbons (Fsp3) is 1.00. The number of nitrogens with zero attached hydrogens (tertiary/aromatic N) is 1. The molecular weight excluding hydrogens is 306 g/mol. The third-order valence-electron chi connectivity index (χ3n) is 3.61. The normalized spacial score (nSPS) is 32.4. The van der Waals surface area contributed by atoms with E-state index in [-0.39, 0.29) is 17.0 Å². The van der Waals surface area contributed by atoms with Crippen molar-refractivity contribution in [1.29, 1.82) is 0 Å². The summed E-state index contributed by atoms with van der Waals surface area (Å²) >= 11 is 3.51. The second kappa shape index (κ2) is 6.49. The fourth-order valence-electron chi connectivity index (χ4n) is 2.87. The van der Waals surface area contributed by atoms with E-state index in [9.17, 15) is 0 Å². The quantitative estimate of drug-likeness (QED) is 0.718. The molecule has 1 nitrogen and oxygen atoms in total. The van der Waals surface area contributed by atoms with E-state index < -0.39 is 0 Å². The van der Waals surface area contributed by atoms with E-state index in [1.54, 1.807) is 0 Å². The van der Waals surface area contributed by atoms with Gasteiger partial charge in [-0.2, -0.15) is 0 Å². The number of hydrogen-bond acceptors (Lipinski definition) is 1. The van der Waals surface area contributed by atoms with Crippen LogP contribution in [0.15, 0.2) is 0 Å². The lowest BCUT2D eigenvalue weighted by molar-refractivity contribution is 0.254. The number of fused-ring (bicyclic) bond motifs is 4. The number of halogens is 2. The first-order valence-corrected chi connectivity index (χ1v) is 6.79. The average molecular weight is 327 g/mol. The Kier molecular flexibility index (Phi) is 6.02. The fourth-order valence-corrected chi connectivity index (χ4v) is 3.12. The maximum atomic E-state index is 3.51. The van der Waals surface area contributed by atoms with E-state index in [4.69, 9.17) is 0 Å². The van der Waals surface area contributed by atoms with Gasteiger partial charge in [-0.25, -0.2) is 0 Å². The first kappa shape index (κ1) is 13.0. The molecule has 0 spiro atoms. The van der Waals surface area contributed by atoms with E-state index in [1.165, 1.54) is 57.1 Å². The van der Waals surface area contributed by atoms with Crippen molar-refractivity contribution in [3.05, 3.63) is 0 Å². The van der Waals surface area contributed by atoms with E-state index in [0.29, 0.717) is 0 Å². The highest BCUT2D eigenvalue weighted by Gasteiger charge is 2.28. The Morgan fingerprint density at radius 2 is 1.50 bits per heavy atom. The molecule has 0 unspecified atom stereocenters. The molecule has 0 N–H and O–H groups in total. The van der Waals surface area contributed by atoms with Crippen LogP contribution in [0.3, 0.4) is 0 Å². The molecule has 0 radical (unpaired) electrons. The number of alkyl halides is 1. The summed E-state index contributed by atoms with van der Waals surface area (Å²) in [5.74, 6) is 2.07. The highest BCUT2D eigenvalue weighted by molar-refractivity contribution is 9.09. The number of hydrogen-bond donors (Lipinski definition) is 0. The Morgan fingerprint density at radius 1 is 1.00 bits per heavy atom. The van der Waals surface area contributed by atoms with E-state index in [1.807, 2.05) is 0 Å². The molecule has 2 heterocycles. The molecule has 3 aliphatic rings. The Hall–Kier alpha value is 0.920. The predicted molar refractivity (Wildman–Crippen MR) is 70.6 cm³/mol. The van der Waals surface area contributed by atoms with Crippen molar-refractivity contribution in [1.82, 2.24) is 4.90 Å². The van der Waals surface area contributed by atoms with Crippen LogP contribution in [0.25, 0.3) is 0 Å². The van der Waals surface area contributed by atoms with Gasteiger partial charge in [0.25, 0.3) is 0 Å². The summed E-state index contributed by atoms with van der Waals surface area (Å²) in [6.07, 6.45) is 7.36. The summed E-state index contributed by atoms with van der Waals surface area (Å²) in [4.78, 5) is 2.70. The zero-order valence-electron chi connectivity index (χ0n) is 8.75. The molecule has 3 fully saturated rings. The molecule has 0 aromatic rings. The Labute approximate surface area is 107 Å². The van der Waals surface area contributed by atoms with Gasteiger partial charge in [0.05, 0.1) is 0 Å². The van der Waals surface area contributed by atoms with Crippen molar-refractivity contribution in [2.24, 2.45) is 11.8 Å². The molecule has 0 amide bonds. The second-order valence-electron chi connectivity index (χ2n) is 4.69. The molecule has 2 aliphatic heterocycles. The number of rotatable bonds is 3. The highest BCUT2D eigenvalue weighted by Crippen LogP contribution is 2.33. The lowest BCUT2D eigenvalue weighted by Gasteiger charge is -2.21. The van der Waals surface area contributed by atoms with Gasteiger partial charge in [-0.15, -0.1) is 17.0 Å². The van der Waals surface area contributed by atoms with Gasteiger partial charge < -0.3 is 4.90 Å². The van der Waals surface area contributed by atoms with E-state index >= 15 is 0 Å². The van der Waals surface area contributed by atoms with Crippen LogP contribution in [0, 0.1) is 11.8 Å². The predicted octanol–water partition coefficient (Wildman–Crippen LogP) is 3.47. The van der Waals surface area contributed by atoms with Gasteiger partial charge in [0.1, 0.15) is 0 Å². The Bertz CT molecular complexity index is 141. The molecule has 3 rings (SSSR count). The van der Waals surface area contributed by atoms with Crippen LogP contribution < -0.4 is 0 Å². The van der Waals surface area contributed by atoms with Gasteiger partial charge >= 0.3 is 0 Å². The third-order valence-corrected chi connectivity index (χ3v) is 4.17. The molecule has 0 aromatic heterocycles. The van der Waals surface area contributed by atoms with Crippen molar-refractivity contribution in [3.8, 4) is 0 Å². The Balaban J connectivity index is 0.000000980. The van der Waals surface area contributed by atoms with E-state index in [0.717, 1.165) is 11.8 Å². The monoisotopic (exact) mass is 325 g/mol. The van der Waals surface area contributed by atoms with Crippen LogP contribution in [0.4, 0.5) is 0 Å². The highest BCUT2D eigenvalue weighted by atomic mass is 79.9. The molecule has 2 saturated heterocycles. The molecule has 1 saturated carbocycles. The summed E-state index contributed by atoms with van der Waals surface area (Å²) in [6, 6.07) is 0. The zero-order chi connectivity index (χ0) is 9.10. The average Bonchev–Trinajstić information content (AvgIpc) is 2.46. The standard InChI is InChI=1S/C11H20BrN.BrH/c12-6-1-7-13-8-10-2-3-11(9-13)5-4-10;/h10-11H,1-9H2;1H. The lowest BCUT2D eigenvalue weighted by atomic mass is 9.84. The minimum atomic E-state index is 0. The zero-order valence-corrected chi connectivity index (χ0v) is 12.1. The van der Waals surface area contributed by atoms with Gasteiger partial charge in [-0.1, -0.05) is 15.9 Å². The minimum absolute atomic E-state index is 0. The summed E-state index contributed by atoms with van der Waals surface area (Å²) in [5, 5.41) is 1.17. The Morgan fingerprint density at radius 3 is 1.93 bits per heavy atom. The summed E-state index contributed by atoms with van der Waals surface area (Å²) < 4.78 is 0. The largest absolute Gasteiger partial charge is 0.303 e. The molecular formula is C11H21Br2N. The molecule has 14 heavy (non-hydrogen) atoms. The molecule has 0 atom stereocenters. The second-order valence-corrected chi connectivity index (χ2v) is 5.48. The van der Waals surface area contributed by atoms with Crippen LogP contribution >= 0.6 is 32.9 Å². The van der Waals surface area contributed by atoms with Crippen LogP contribution in [-0.2, 0) is 0 Å². The van der Waals surface area contributed by atoms with Gasteiger partial charge in [-0.3, -0.25) is 0 Å². The summed E-state index contributed by atoms with van der Waals surface area (Å²) in [7, 11) is 0. The maximum Gasteiger partial charge on any atom is 0.00434 e. The van der Waals surface area contributed by atoms with Crippen LogP contribution in [0.5, 0.6) is 0 Å². The first-order chi connectivity index (χ1) is 6.38. The SMILES string of the molecule is Br.BrCCCN1CC2CCC(CC2)C1. The van der Waals surface area contributed by atoms with Crippen molar-refractivity contribution in [2.75, 3.05) is 25.0 Å². The van der Waals surface area contributed by atoms with Crippen molar-refractivity contribution in [3.63, 3.8) is 0 Å². The maximum absolute atomic E-state index is 3.51. The van der Waals surface area contributed by atoms with Gasteiger partial charge in [0, 0.05) is 18.4 Å². The molecule has 1 aliphatic carbocycles. The molecule has 3 heteroatoms. The summed E-state index contributed by atoms with van der Waals surface area (Å²) in [5.41, 5.74) is 0. The molecule has 84 valence electrons. The van der Waals surface area contributed by atoms with E-state index in [2.05, 4.69) is 20.8 Å². The smallest absolute Gasteiger partial charge is 0.00434 e. The van der Waals surface area contributed by atoms with Gasteiger partial charge in [0.2, 0.25) is 0 Å². The molecule has 2 bridgehead atoms.